The molecule has 2 N–H and O–H groups in total. The Labute approximate surface area is 200 Å². The van der Waals surface area contributed by atoms with E-state index in [-0.39, 0.29) is 17.6 Å². The monoisotopic (exact) mass is 461 g/mol. The molecule has 0 bridgehead atoms. The van der Waals surface area contributed by atoms with Crippen molar-refractivity contribution in [2.24, 2.45) is 4.99 Å². The number of anilines is 3. The van der Waals surface area contributed by atoms with E-state index in [1.807, 2.05) is 24.1 Å². The van der Waals surface area contributed by atoms with Gasteiger partial charge in [0.25, 0.3) is 5.91 Å². The van der Waals surface area contributed by atoms with E-state index >= 15 is 0 Å². The maximum Gasteiger partial charge on any atom is 0.298 e. The second-order valence-electron chi connectivity index (χ2n) is 8.70. The third-order valence-electron chi connectivity index (χ3n) is 6.65. The Kier molecular flexibility index (Phi) is 7.32. The quantitative estimate of drug-likeness (QED) is 0.483. The summed E-state index contributed by atoms with van der Waals surface area (Å²) in [6.45, 7) is 10.2. The summed E-state index contributed by atoms with van der Waals surface area (Å²) in [5.74, 6) is 0.878. The number of amides is 2. The molecule has 0 aliphatic carbocycles. The van der Waals surface area contributed by atoms with Gasteiger partial charge in [-0.2, -0.15) is 0 Å². The molecule has 4 rings (SSSR count). The van der Waals surface area contributed by atoms with Crippen molar-refractivity contribution in [3.05, 3.63) is 54.4 Å². The molecule has 2 fully saturated rings. The van der Waals surface area contributed by atoms with Crippen LogP contribution in [-0.2, 0) is 4.79 Å². The summed E-state index contributed by atoms with van der Waals surface area (Å²) in [7, 11) is 1.92. The summed E-state index contributed by atoms with van der Waals surface area (Å²) in [6, 6.07) is 8.34. The lowest BCUT2D eigenvalue weighted by Crippen LogP contribution is -2.36. The lowest BCUT2D eigenvalue weighted by Gasteiger charge is -2.26. The number of likely N-dealkylation sites (N-methyl/N-ethyl adjacent to an activating group) is 1. The summed E-state index contributed by atoms with van der Waals surface area (Å²) < 4.78 is 0. The van der Waals surface area contributed by atoms with Crippen molar-refractivity contribution in [3.8, 4) is 0 Å². The van der Waals surface area contributed by atoms with Crippen molar-refractivity contribution in [1.29, 1.82) is 0 Å². The Morgan fingerprint density at radius 2 is 1.97 bits per heavy atom. The van der Waals surface area contributed by atoms with Crippen LogP contribution >= 0.6 is 0 Å². The van der Waals surface area contributed by atoms with Crippen molar-refractivity contribution in [2.45, 2.75) is 31.2 Å². The Morgan fingerprint density at radius 1 is 1.24 bits per heavy atom. The molecule has 3 heterocycles. The number of carbonyl (C=O) groups excluding carboxylic acids is 2. The fourth-order valence-electron chi connectivity index (χ4n) is 4.57. The van der Waals surface area contributed by atoms with Crippen LogP contribution in [0.5, 0.6) is 0 Å². The van der Waals surface area contributed by atoms with Crippen LogP contribution in [0.3, 0.4) is 0 Å². The van der Waals surface area contributed by atoms with Gasteiger partial charge in [0.1, 0.15) is 5.82 Å². The molecule has 1 aromatic heterocycles. The fourth-order valence-corrected chi connectivity index (χ4v) is 4.57. The van der Waals surface area contributed by atoms with Crippen LogP contribution in [0.4, 0.5) is 17.3 Å². The average molecular weight is 462 g/mol. The molecule has 2 aliphatic heterocycles. The van der Waals surface area contributed by atoms with E-state index in [4.69, 9.17) is 4.98 Å². The molecular formula is C25H31N7O2. The number of nitrogens with one attached hydrogen (secondary N) is 2. The van der Waals surface area contributed by atoms with Gasteiger partial charge in [-0.05, 0) is 68.8 Å². The first kappa shape index (κ1) is 23.6. The molecule has 0 saturated carbocycles. The topological polar surface area (TPSA) is 103 Å². The first-order valence-corrected chi connectivity index (χ1v) is 11.6. The van der Waals surface area contributed by atoms with Crippen LogP contribution < -0.4 is 15.5 Å². The molecule has 9 nitrogen and oxygen atoms in total. The lowest BCUT2D eigenvalue weighted by molar-refractivity contribution is -0.125. The van der Waals surface area contributed by atoms with Gasteiger partial charge in [0.15, 0.2) is 11.5 Å². The third-order valence-corrected chi connectivity index (χ3v) is 6.65. The number of rotatable bonds is 7. The highest BCUT2D eigenvalue weighted by atomic mass is 16.2. The molecule has 9 heteroatoms. The fraction of sp³-hybridized carbons (Fsp3) is 0.400. The van der Waals surface area contributed by atoms with Crippen LogP contribution in [0.2, 0.25) is 0 Å². The first-order valence-electron chi connectivity index (χ1n) is 11.6. The second kappa shape index (κ2) is 10.6. The molecule has 0 spiro atoms. The average Bonchev–Trinajstić information content (AvgIpc) is 3.39. The van der Waals surface area contributed by atoms with Gasteiger partial charge in [-0.25, -0.2) is 15.0 Å². The maximum atomic E-state index is 12.3. The zero-order valence-electron chi connectivity index (χ0n) is 19.5. The highest BCUT2D eigenvalue weighted by Gasteiger charge is 2.29. The molecule has 2 aliphatic rings. The number of aromatic nitrogens is 2. The van der Waals surface area contributed by atoms with E-state index in [0.717, 1.165) is 38.0 Å². The largest absolute Gasteiger partial charge is 0.353 e. The van der Waals surface area contributed by atoms with Gasteiger partial charge in [-0.1, -0.05) is 18.7 Å². The molecule has 0 radical (unpaired) electrons. The van der Waals surface area contributed by atoms with Gasteiger partial charge in [-0.15, -0.1) is 0 Å². The van der Waals surface area contributed by atoms with Crippen molar-refractivity contribution in [1.82, 2.24) is 20.2 Å². The Balaban J connectivity index is 1.54. The smallest absolute Gasteiger partial charge is 0.298 e. The summed E-state index contributed by atoms with van der Waals surface area (Å²) in [6.07, 6.45) is 5.97. The number of benzene rings is 1. The van der Waals surface area contributed by atoms with Crippen molar-refractivity contribution in [2.75, 3.05) is 43.4 Å². The molecule has 2 aromatic rings. The van der Waals surface area contributed by atoms with E-state index in [1.165, 1.54) is 11.6 Å². The lowest BCUT2D eigenvalue weighted by atomic mass is 9.90. The second-order valence-corrected chi connectivity index (χ2v) is 8.70. The van der Waals surface area contributed by atoms with Gasteiger partial charge < -0.3 is 20.4 Å². The Bertz CT molecular complexity index is 1060. The van der Waals surface area contributed by atoms with E-state index < -0.39 is 5.91 Å². The van der Waals surface area contributed by atoms with E-state index in [9.17, 15) is 9.59 Å². The molecule has 178 valence electrons. The van der Waals surface area contributed by atoms with Crippen LogP contribution in [0.25, 0.3) is 0 Å². The third kappa shape index (κ3) is 5.14. The zero-order chi connectivity index (χ0) is 24.1. The molecule has 2 amide bonds. The number of carbonyl (C=O) groups is 2. The van der Waals surface area contributed by atoms with E-state index in [1.54, 1.807) is 11.1 Å². The van der Waals surface area contributed by atoms with Crippen LogP contribution in [0.15, 0.2) is 48.1 Å². The minimum Gasteiger partial charge on any atom is -0.353 e. The highest BCUT2D eigenvalue weighted by molar-refractivity contribution is 6.00. The van der Waals surface area contributed by atoms with Gasteiger partial charge in [0.2, 0.25) is 5.91 Å². The number of hydrogen-bond acceptors (Lipinski definition) is 7. The number of piperidine rings is 1. The van der Waals surface area contributed by atoms with Crippen LogP contribution in [0, 0.1) is 0 Å². The molecule has 1 aromatic carbocycles. The van der Waals surface area contributed by atoms with Gasteiger partial charge >= 0.3 is 0 Å². The van der Waals surface area contributed by atoms with Crippen LogP contribution in [-0.4, -0.2) is 72.7 Å². The predicted octanol–water partition coefficient (Wildman–Crippen LogP) is 2.75. The maximum absolute atomic E-state index is 12.3. The van der Waals surface area contributed by atoms with E-state index in [2.05, 4.69) is 46.0 Å². The number of likely N-dealkylation sites (tertiary alicyclic amines) is 1. The molecule has 1 atom stereocenters. The minimum atomic E-state index is -0.542. The Hall–Kier alpha value is -3.59. The number of aliphatic imine (C=N–C) groups is 1. The van der Waals surface area contributed by atoms with Crippen molar-refractivity contribution in [3.63, 3.8) is 0 Å². The summed E-state index contributed by atoms with van der Waals surface area (Å²) >= 11 is 0. The normalized spacial score (nSPS) is 18.4. The van der Waals surface area contributed by atoms with E-state index in [0.29, 0.717) is 30.6 Å². The predicted molar refractivity (Wildman–Crippen MR) is 134 cm³/mol. The number of nitrogens with zero attached hydrogens (tertiary/aromatic N) is 5. The first-order chi connectivity index (χ1) is 16.5. The zero-order valence-corrected chi connectivity index (χ0v) is 19.5. The molecule has 2 saturated heterocycles. The molecular weight excluding hydrogens is 430 g/mol. The van der Waals surface area contributed by atoms with Crippen molar-refractivity contribution < 1.29 is 9.59 Å². The minimum absolute atomic E-state index is 0.0738. The molecule has 34 heavy (non-hydrogen) atoms. The van der Waals surface area contributed by atoms with Gasteiger partial charge in [0.05, 0.1) is 6.20 Å². The SMILES string of the molecule is C=CC(=O)N1CC[C@@H](N(C)c2cnc(C(=O)N=C)c(Nc3ccc(C4CCNCC4)cc3)n2)C1. The number of hydrogen-bond donors (Lipinski definition) is 2. The Morgan fingerprint density at radius 3 is 2.65 bits per heavy atom. The standard InChI is InChI=1S/C25H31N7O2/c1-4-22(33)32-14-11-20(16-32)31(3)21-15-28-23(25(34)26-2)24(30-21)29-19-7-5-17(6-8-19)18-9-12-27-13-10-18/h4-8,15,18,20,27H,1-2,9-14,16H2,3H3,(H,29,30)/t20-/m1/s1. The summed E-state index contributed by atoms with van der Waals surface area (Å²) in [5, 5.41) is 6.64. The van der Waals surface area contributed by atoms with Crippen LogP contribution in [0.1, 0.15) is 41.2 Å². The molecule has 0 unspecified atom stereocenters. The summed E-state index contributed by atoms with van der Waals surface area (Å²) in [4.78, 5) is 40.6. The highest BCUT2D eigenvalue weighted by Crippen LogP contribution is 2.28. The summed E-state index contributed by atoms with van der Waals surface area (Å²) in [5.41, 5.74) is 2.24. The van der Waals surface area contributed by atoms with Gasteiger partial charge in [-0.3, -0.25) is 9.59 Å². The van der Waals surface area contributed by atoms with Gasteiger partial charge in [0, 0.05) is 31.9 Å². The van der Waals surface area contributed by atoms with Crippen molar-refractivity contribution >= 4 is 35.9 Å².